The second-order valence-electron chi connectivity index (χ2n) is 5.75. The molecular weight excluding hydrogens is 306 g/mol. The Morgan fingerprint density at radius 1 is 1.37 bits per heavy atom. The van der Waals surface area contributed by atoms with Crippen LogP contribution in [0.5, 0.6) is 0 Å². The lowest BCUT2D eigenvalue weighted by molar-refractivity contribution is -0.117. The largest absolute Gasteiger partial charge is 0.360 e. The number of halogens is 1. The van der Waals surface area contributed by atoms with Gasteiger partial charge in [-0.3, -0.25) is 4.79 Å². The van der Waals surface area contributed by atoms with Gasteiger partial charge in [0.05, 0.1) is 17.9 Å². The molecule has 0 bridgehead atoms. The van der Waals surface area contributed by atoms with E-state index < -0.39 is 0 Å². The van der Waals surface area contributed by atoms with Crippen LogP contribution in [-0.2, 0) is 4.79 Å². The number of nitrogens with zero attached hydrogens (tertiary/aromatic N) is 2. The first kappa shape index (κ1) is 14.3. The van der Waals surface area contributed by atoms with Crippen molar-refractivity contribution in [3.8, 4) is 0 Å². The lowest BCUT2D eigenvalue weighted by Gasteiger charge is -2.36. The standard InChI is InChI=1S/C14H20BrN3O/c1-14(2,16)6-7-18-9-13(19)17(3)12-8-10(15)4-5-11(12)18/h4-5,8H,6-7,9,16H2,1-3H3. The fourth-order valence-electron chi connectivity index (χ4n) is 2.14. The lowest BCUT2D eigenvalue weighted by Crippen LogP contribution is -2.46. The topological polar surface area (TPSA) is 49.6 Å². The highest BCUT2D eigenvalue weighted by Gasteiger charge is 2.27. The van der Waals surface area contributed by atoms with E-state index in [1.165, 1.54) is 0 Å². The van der Waals surface area contributed by atoms with Gasteiger partial charge in [-0.1, -0.05) is 15.9 Å². The molecule has 1 aliphatic rings. The normalized spacial score (nSPS) is 15.7. The maximum absolute atomic E-state index is 12.0. The molecular formula is C14H20BrN3O. The number of nitrogens with two attached hydrogens (primary N) is 1. The van der Waals surface area contributed by atoms with E-state index >= 15 is 0 Å². The number of fused-ring (bicyclic) bond motifs is 1. The minimum atomic E-state index is -0.220. The highest BCUT2D eigenvalue weighted by atomic mass is 79.9. The van der Waals surface area contributed by atoms with Crippen LogP contribution in [0.3, 0.4) is 0 Å². The van der Waals surface area contributed by atoms with Gasteiger partial charge in [0.25, 0.3) is 0 Å². The van der Waals surface area contributed by atoms with E-state index in [2.05, 4.69) is 20.8 Å². The smallest absolute Gasteiger partial charge is 0.246 e. The van der Waals surface area contributed by atoms with E-state index in [1.54, 1.807) is 4.90 Å². The van der Waals surface area contributed by atoms with Gasteiger partial charge in [-0.15, -0.1) is 0 Å². The Kier molecular flexibility index (Phi) is 3.87. The molecule has 0 spiro atoms. The van der Waals surface area contributed by atoms with Crippen molar-refractivity contribution in [1.29, 1.82) is 0 Å². The van der Waals surface area contributed by atoms with E-state index in [1.807, 2.05) is 39.1 Å². The quantitative estimate of drug-likeness (QED) is 0.928. The number of carbonyl (C=O) groups is 1. The minimum absolute atomic E-state index is 0.112. The molecule has 5 heteroatoms. The predicted octanol–water partition coefficient (Wildman–Crippen LogP) is 2.36. The predicted molar refractivity (Wildman–Crippen MR) is 82.6 cm³/mol. The number of amides is 1. The Hall–Kier alpha value is -1.07. The van der Waals surface area contributed by atoms with E-state index in [0.29, 0.717) is 6.54 Å². The van der Waals surface area contributed by atoms with Crippen molar-refractivity contribution in [3.63, 3.8) is 0 Å². The van der Waals surface area contributed by atoms with E-state index in [0.717, 1.165) is 28.8 Å². The fraction of sp³-hybridized carbons (Fsp3) is 0.500. The van der Waals surface area contributed by atoms with Crippen molar-refractivity contribution in [2.75, 3.05) is 29.9 Å². The molecule has 0 atom stereocenters. The van der Waals surface area contributed by atoms with E-state index in [4.69, 9.17) is 5.73 Å². The van der Waals surface area contributed by atoms with Crippen LogP contribution in [0.15, 0.2) is 22.7 Å². The van der Waals surface area contributed by atoms with E-state index in [-0.39, 0.29) is 11.4 Å². The SMILES string of the molecule is CN1C(=O)CN(CCC(C)(C)N)c2ccc(Br)cc21. The molecule has 0 saturated heterocycles. The molecule has 1 amide bonds. The number of anilines is 2. The fourth-order valence-corrected chi connectivity index (χ4v) is 2.49. The third-order valence-corrected chi connectivity index (χ3v) is 3.86. The molecule has 1 heterocycles. The molecule has 104 valence electrons. The summed E-state index contributed by atoms with van der Waals surface area (Å²) in [5.41, 5.74) is 7.85. The molecule has 2 N–H and O–H groups in total. The third-order valence-electron chi connectivity index (χ3n) is 3.37. The second kappa shape index (κ2) is 5.13. The Morgan fingerprint density at radius 2 is 2.05 bits per heavy atom. The summed E-state index contributed by atoms with van der Waals surface area (Å²) in [5, 5.41) is 0. The van der Waals surface area contributed by atoms with Crippen molar-refractivity contribution < 1.29 is 4.79 Å². The monoisotopic (exact) mass is 325 g/mol. The maximum atomic E-state index is 12.0. The highest BCUT2D eigenvalue weighted by Crippen LogP contribution is 2.35. The van der Waals surface area contributed by atoms with Crippen molar-refractivity contribution in [3.05, 3.63) is 22.7 Å². The Bertz CT molecular complexity index is 496. The number of hydrogen-bond donors (Lipinski definition) is 1. The number of carbonyl (C=O) groups excluding carboxylic acids is 1. The van der Waals surface area contributed by atoms with Crippen molar-refractivity contribution in [2.24, 2.45) is 5.73 Å². The summed E-state index contributed by atoms with van der Waals surface area (Å²) in [6.45, 7) is 5.22. The minimum Gasteiger partial charge on any atom is -0.360 e. The van der Waals surface area contributed by atoms with Gasteiger partial charge in [-0.25, -0.2) is 0 Å². The van der Waals surface area contributed by atoms with Gasteiger partial charge >= 0.3 is 0 Å². The van der Waals surface area contributed by atoms with Crippen molar-refractivity contribution in [1.82, 2.24) is 0 Å². The Labute approximate surface area is 122 Å². The molecule has 1 aliphatic heterocycles. The number of hydrogen-bond acceptors (Lipinski definition) is 3. The average Bonchev–Trinajstić information content (AvgIpc) is 2.31. The summed E-state index contributed by atoms with van der Waals surface area (Å²) in [5.74, 6) is 0.112. The number of rotatable bonds is 3. The summed E-state index contributed by atoms with van der Waals surface area (Å²) in [6.07, 6.45) is 0.847. The van der Waals surface area contributed by atoms with Crippen LogP contribution in [0.25, 0.3) is 0 Å². The van der Waals surface area contributed by atoms with Crippen molar-refractivity contribution >= 4 is 33.2 Å². The molecule has 0 radical (unpaired) electrons. The second-order valence-corrected chi connectivity index (χ2v) is 6.66. The summed E-state index contributed by atoms with van der Waals surface area (Å²) < 4.78 is 0.979. The molecule has 0 fully saturated rings. The third kappa shape index (κ3) is 3.28. The van der Waals surface area contributed by atoms with Crippen LogP contribution in [0.2, 0.25) is 0 Å². The van der Waals surface area contributed by atoms with E-state index in [9.17, 15) is 4.79 Å². The first-order chi connectivity index (χ1) is 8.78. The van der Waals surface area contributed by atoms with Gasteiger partial charge < -0.3 is 15.5 Å². The lowest BCUT2D eigenvalue weighted by atomic mass is 10.0. The number of likely N-dealkylation sites (N-methyl/N-ethyl adjacent to an activating group) is 1. The molecule has 19 heavy (non-hydrogen) atoms. The molecule has 1 aromatic carbocycles. The molecule has 0 aromatic heterocycles. The maximum Gasteiger partial charge on any atom is 0.246 e. The van der Waals surface area contributed by atoms with Crippen LogP contribution in [0.1, 0.15) is 20.3 Å². The van der Waals surface area contributed by atoms with Gasteiger partial charge in [0.15, 0.2) is 0 Å². The Balaban J connectivity index is 2.28. The van der Waals surface area contributed by atoms with Gasteiger partial charge in [-0.2, -0.15) is 0 Å². The summed E-state index contributed by atoms with van der Waals surface area (Å²) in [4.78, 5) is 15.9. The highest BCUT2D eigenvalue weighted by molar-refractivity contribution is 9.10. The van der Waals surface area contributed by atoms with Gasteiger partial charge in [0.1, 0.15) is 0 Å². The Morgan fingerprint density at radius 3 is 2.68 bits per heavy atom. The van der Waals surface area contributed by atoms with Crippen LogP contribution >= 0.6 is 15.9 Å². The molecule has 0 aliphatic carbocycles. The zero-order valence-corrected chi connectivity index (χ0v) is 13.2. The molecule has 1 aromatic rings. The van der Waals surface area contributed by atoms with Gasteiger partial charge in [0.2, 0.25) is 5.91 Å². The first-order valence-electron chi connectivity index (χ1n) is 6.38. The van der Waals surface area contributed by atoms with Gasteiger partial charge in [-0.05, 0) is 38.5 Å². The summed E-state index contributed by atoms with van der Waals surface area (Å²) in [7, 11) is 1.82. The molecule has 2 rings (SSSR count). The zero-order chi connectivity index (χ0) is 14.2. The molecule has 0 saturated carbocycles. The van der Waals surface area contributed by atoms with Gasteiger partial charge in [0, 0.05) is 23.6 Å². The summed E-state index contributed by atoms with van der Waals surface area (Å²) >= 11 is 3.45. The van der Waals surface area contributed by atoms with Crippen molar-refractivity contribution in [2.45, 2.75) is 25.8 Å². The van der Waals surface area contributed by atoms with Crippen LogP contribution in [0.4, 0.5) is 11.4 Å². The molecule has 0 unspecified atom stereocenters. The average molecular weight is 326 g/mol. The summed E-state index contributed by atoms with van der Waals surface area (Å²) in [6, 6.07) is 6.03. The van der Waals surface area contributed by atoms with Crippen LogP contribution in [-0.4, -0.2) is 31.6 Å². The number of benzene rings is 1. The zero-order valence-electron chi connectivity index (χ0n) is 11.6. The molecule has 4 nitrogen and oxygen atoms in total. The first-order valence-corrected chi connectivity index (χ1v) is 7.17. The van der Waals surface area contributed by atoms with Crippen LogP contribution in [0, 0.1) is 0 Å². The van der Waals surface area contributed by atoms with Crippen LogP contribution < -0.4 is 15.5 Å².